The lowest BCUT2D eigenvalue weighted by atomic mass is 9.44. The zero-order valence-corrected chi connectivity index (χ0v) is 15.2. The third-order valence-corrected chi connectivity index (χ3v) is 8.87. The Labute approximate surface area is 140 Å². The van der Waals surface area contributed by atoms with Gasteiger partial charge in [-0.3, -0.25) is 4.79 Å². The van der Waals surface area contributed by atoms with E-state index in [1.165, 1.54) is 18.4 Å². The Hall–Kier alpha value is -0.630. The van der Waals surface area contributed by atoms with E-state index in [0.717, 1.165) is 38.0 Å². The molecule has 0 saturated heterocycles. The van der Waals surface area contributed by atoms with E-state index < -0.39 is 5.60 Å². The third kappa shape index (κ3) is 1.94. The Morgan fingerprint density at radius 2 is 1.78 bits per heavy atom. The summed E-state index contributed by atoms with van der Waals surface area (Å²) in [4.78, 5) is 11.9. The molecule has 128 valence electrons. The lowest BCUT2D eigenvalue weighted by molar-refractivity contribution is -0.132. The topological polar surface area (TPSA) is 37.3 Å². The van der Waals surface area contributed by atoms with E-state index in [1.807, 2.05) is 6.08 Å². The molecule has 1 N–H and O–H groups in total. The second kappa shape index (κ2) is 4.71. The molecule has 0 aromatic rings. The molecule has 0 bridgehead atoms. The van der Waals surface area contributed by atoms with E-state index in [2.05, 4.69) is 27.7 Å². The van der Waals surface area contributed by atoms with Crippen molar-refractivity contribution < 1.29 is 9.90 Å². The number of hydrogen-bond donors (Lipinski definition) is 1. The van der Waals surface area contributed by atoms with Crippen LogP contribution in [0, 0.1) is 34.5 Å². The minimum absolute atomic E-state index is 0.0878. The highest BCUT2D eigenvalue weighted by Gasteiger charge is 2.63. The van der Waals surface area contributed by atoms with Gasteiger partial charge in [0.25, 0.3) is 0 Å². The number of aliphatic hydroxyl groups is 1. The summed E-state index contributed by atoms with van der Waals surface area (Å²) in [6.45, 7) is 9.26. The lowest BCUT2D eigenvalue weighted by Crippen LogP contribution is -2.55. The fraction of sp³-hybridized carbons (Fsp3) is 0.857. The first-order valence-corrected chi connectivity index (χ1v) is 9.65. The molecule has 2 heteroatoms. The van der Waals surface area contributed by atoms with Crippen LogP contribution in [0.15, 0.2) is 11.6 Å². The van der Waals surface area contributed by atoms with Crippen LogP contribution in [-0.4, -0.2) is 16.5 Å². The molecule has 3 fully saturated rings. The zero-order chi connectivity index (χ0) is 16.6. The number of ketones is 1. The molecular weight excluding hydrogens is 284 g/mol. The van der Waals surface area contributed by atoms with Gasteiger partial charge < -0.3 is 5.11 Å². The summed E-state index contributed by atoms with van der Waals surface area (Å²) in [5, 5.41) is 11.0. The molecule has 4 rings (SSSR count). The molecule has 4 aliphatic carbocycles. The van der Waals surface area contributed by atoms with Gasteiger partial charge in [0, 0.05) is 6.42 Å². The molecule has 3 saturated carbocycles. The van der Waals surface area contributed by atoms with Crippen LogP contribution in [0.2, 0.25) is 0 Å². The minimum atomic E-state index is -0.498. The first-order valence-electron chi connectivity index (χ1n) is 9.65. The van der Waals surface area contributed by atoms with Crippen molar-refractivity contribution in [2.75, 3.05) is 0 Å². The van der Waals surface area contributed by atoms with Gasteiger partial charge >= 0.3 is 0 Å². The molecule has 23 heavy (non-hydrogen) atoms. The van der Waals surface area contributed by atoms with Crippen LogP contribution in [0.3, 0.4) is 0 Å². The van der Waals surface area contributed by atoms with Gasteiger partial charge in [0.1, 0.15) is 0 Å². The Kier molecular flexibility index (Phi) is 3.25. The van der Waals surface area contributed by atoms with Crippen molar-refractivity contribution in [2.24, 2.45) is 34.5 Å². The summed E-state index contributed by atoms with van der Waals surface area (Å²) in [6.07, 6.45) is 9.39. The van der Waals surface area contributed by atoms with Gasteiger partial charge in [-0.05, 0) is 86.0 Å². The highest BCUT2D eigenvalue weighted by atomic mass is 16.3. The van der Waals surface area contributed by atoms with Crippen LogP contribution in [-0.2, 0) is 4.79 Å². The summed E-state index contributed by atoms with van der Waals surface area (Å²) in [5.41, 5.74) is 1.27. The molecular formula is C21H32O2. The molecule has 4 aliphatic rings. The van der Waals surface area contributed by atoms with Gasteiger partial charge in [-0.1, -0.05) is 26.3 Å². The van der Waals surface area contributed by atoms with Gasteiger partial charge in [0.15, 0.2) is 5.78 Å². The van der Waals surface area contributed by atoms with Crippen LogP contribution < -0.4 is 0 Å². The Morgan fingerprint density at radius 3 is 2.52 bits per heavy atom. The summed E-state index contributed by atoms with van der Waals surface area (Å²) < 4.78 is 0. The molecule has 0 aliphatic heterocycles. The summed E-state index contributed by atoms with van der Waals surface area (Å²) in [7, 11) is 0. The molecule has 0 heterocycles. The maximum atomic E-state index is 11.9. The summed E-state index contributed by atoms with van der Waals surface area (Å²) in [6, 6.07) is 0. The molecule has 0 spiro atoms. The van der Waals surface area contributed by atoms with Crippen molar-refractivity contribution in [1.82, 2.24) is 0 Å². The maximum absolute atomic E-state index is 11.9. The molecule has 0 unspecified atom stereocenters. The number of carbonyl (C=O) groups is 1. The molecule has 0 amide bonds. The zero-order valence-electron chi connectivity index (χ0n) is 15.2. The lowest BCUT2D eigenvalue weighted by Gasteiger charge is -2.60. The van der Waals surface area contributed by atoms with Crippen LogP contribution >= 0.6 is 0 Å². The molecule has 0 radical (unpaired) electrons. The van der Waals surface area contributed by atoms with E-state index in [1.54, 1.807) is 0 Å². The number of fused-ring (bicyclic) bond motifs is 5. The molecule has 0 aromatic heterocycles. The van der Waals surface area contributed by atoms with E-state index in [9.17, 15) is 9.90 Å². The van der Waals surface area contributed by atoms with E-state index >= 15 is 0 Å². The van der Waals surface area contributed by atoms with Crippen LogP contribution in [0.1, 0.15) is 72.6 Å². The fourth-order valence-corrected chi connectivity index (χ4v) is 7.15. The smallest absolute Gasteiger partial charge is 0.155 e. The van der Waals surface area contributed by atoms with Crippen LogP contribution in [0.4, 0.5) is 0 Å². The standard InChI is InChI=1S/C21H32O2/c1-13-11-14-12-15(22)5-8-19(14,2)16-6-9-20(3)17(18(13)16)7-10-21(20,4)23/h12-13,16-18,23H,5-11H2,1-4H3/t13-,16-,17+,18-,19-,20+,21+/m1/s1. The quantitative estimate of drug-likeness (QED) is 0.713. The first kappa shape index (κ1) is 15.9. The number of rotatable bonds is 0. The van der Waals surface area contributed by atoms with Crippen LogP contribution in [0.5, 0.6) is 0 Å². The molecule has 2 nitrogen and oxygen atoms in total. The van der Waals surface area contributed by atoms with Gasteiger partial charge in [0.05, 0.1) is 5.60 Å². The summed E-state index contributed by atoms with van der Waals surface area (Å²) in [5.74, 6) is 3.06. The van der Waals surface area contributed by atoms with Gasteiger partial charge in [-0.2, -0.15) is 0 Å². The summed E-state index contributed by atoms with van der Waals surface area (Å²) >= 11 is 0. The van der Waals surface area contributed by atoms with Crippen molar-refractivity contribution in [3.63, 3.8) is 0 Å². The van der Waals surface area contributed by atoms with Crippen molar-refractivity contribution in [3.8, 4) is 0 Å². The predicted octanol–water partition coefficient (Wildman–Crippen LogP) is 4.52. The predicted molar refractivity (Wildman–Crippen MR) is 91.9 cm³/mol. The van der Waals surface area contributed by atoms with E-state index in [4.69, 9.17) is 0 Å². The van der Waals surface area contributed by atoms with E-state index in [0.29, 0.717) is 23.5 Å². The van der Waals surface area contributed by atoms with Gasteiger partial charge in [-0.25, -0.2) is 0 Å². The van der Waals surface area contributed by atoms with E-state index in [-0.39, 0.29) is 10.8 Å². The highest BCUT2D eigenvalue weighted by molar-refractivity contribution is 5.91. The van der Waals surface area contributed by atoms with Gasteiger partial charge in [-0.15, -0.1) is 0 Å². The highest BCUT2D eigenvalue weighted by Crippen LogP contribution is 2.68. The number of allylic oxidation sites excluding steroid dienone is 1. The van der Waals surface area contributed by atoms with Gasteiger partial charge in [0.2, 0.25) is 0 Å². The first-order chi connectivity index (χ1) is 10.7. The minimum Gasteiger partial charge on any atom is -0.390 e. The molecule has 7 atom stereocenters. The third-order valence-electron chi connectivity index (χ3n) is 8.87. The largest absolute Gasteiger partial charge is 0.390 e. The fourth-order valence-electron chi connectivity index (χ4n) is 7.15. The Morgan fingerprint density at radius 1 is 1.09 bits per heavy atom. The monoisotopic (exact) mass is 316 g/mol. The second-order valence-electron chi connectivity index (χ2n) is 9.79. The molecule has 0 aromatic carbocycles. The number of hydrogen-bond acceptors (Lipinski definition) is 2. The average molecular weight is 316 g/mol. The van der Waals surface area contributed by atoms with Crippen LogP contribution in [0.25, 0.3) is 0 Å². The Balaban J connectivity index is 1.74. The number of carbonyl (C=O) groups excluding carboxylic acids is 1. The van der Waals surface area contributed by atoms with Crippen molar-refractivity contribution in [1.29, 1.82) is 0 Å². The normalized spacial score (nSPS) is 55.7. The second-order valence-corrected chi connectivity index (χ2v) is 9.79. The Bertz CT molecular complexity index is 574. The maximum Gasteiger partial charge on any atom is 0.155 e. The van der Waals surface area contributed by atoms with Crippen molar-refractivity contribution in [2.45, 2.75) is 78.2 Å². The van der Waals surface area contributed by atoms with Crippen molar-refractivity contribution >= 4 is 5.78 Å². The van der Waals surface area contributed by atoms with Crippen molar-refractivity contribution in [3.05, 3.63) is 11.6 Å². The average Bonchev–Trinajstić information content (AvgIpc) is 2.72. The SMILES string of the molecule is C[C@@H]1CC2=CC(=O)CC[C@@]2(C)[C@@H]2CC[C@@]3(C)[C@@H](CC[C@]3(C)O)[C@H]12.